The molecule has 5 heteroatoms. The highest BCUT2D eigenvalue weighted by Crippen LogP contribution is 2.31. The average molecular weight is 323 g/mol. The van der Waals surface area contributed by atoms with Crippen molar-refractivity contribution in [2.75, 3.05) is 0 Å². The molecule has 0 aliphatic rings. The minimum atomic E-state index is 0.205. The van der Waals surface area contributed by atoms with Crippen molar-refractivity contribution in [3.05, 3.63) is 46.2 Å². The van der Waals surface area contributed by atoms with Crippen molar-refractivity contribution in [3.8, 4) is 0 Å². The highest BCUT2D eigenvalue weighted by atomic mass is 79.9. The average Bonchev–Trinajstić information content (AvgIpc) is 2.94. The molecule has 3 nitrogen and oxygen atoms in total. The molecule has 0 amide bonds. The van der Waals surface area contributed by atoms with Crippen molar-refractivity contribution in [3.63, 3.8) is 0 Å². The van der Waals surface area contributed by atoms with Gasteiger partial charge in [0.1, 0.15) is 5.52 Å². The van der Waals surface area contributed by atoms with E-state index in [0.29, 0.717) is 0 Å². The van der Waals surface area contributed by atoms with Gasteiger partial charge in [-0.15, -0.1) is 11.3 Å². The fourth-order valence-corrected chi connectivity index (χ4v) is 3.22. The molecule has 1 unspecified atom stereocenters. The maximum Gasteiger partial charge on any atom is 0.196 e. The number of alkyl halides is 1. The van der Waals surface area contributed by atoms with Crippen LogP contribution < -0.4 is 0 Å². The molecule has 2 aromatic heterocycles. The van der Waals surface area contributed by atoms with Gasteiger partial charge in [0.05, 0.1) is 9.83 Å². The van der Waals surface area contributed by atoms with Crippen molar-refractivity contribution in [1.29, 1.82) is 0 Å². The molecule has 0 saturated carbocycles. The summed E-state index contributed by atoms with van der Waals surface area (Å²) in [6.07, 6.45) is 2.64. The maximum absolute atomic E-state index is 5.71. The number of aromatic nitrogens is 2. The van der Waals surface area contributed by atoms with Gasteiger partial charge in [0.2, 0.25) is 0 Å². The first-order valence-corrected chi connectivity index (χ1v) is 7.36. The molecule has 3 aromatic rings. The highest BCUT2D eigenvalue weighted by molar-refractivity contribution is 9.09. The van der Waals surface area contributed by atoms with E-state index in [2.05, 4.69) is 25.9 Å². The molecule has 0 spiro atoms. The van der Waals surface area contributed by atoms with Crippen LogP contribution in [0.3, 0.4) is 0 Å². The molecule has 0 saturated heterocycles. The van der Waals surface area contributed by atoms with E-state index in [0.717, 1.165) is 28.4 Å². The second kappa shape index (κ2) is 4.82. The summed E-state index contributed by atoms with van der Waals surface area (Å²) in [6.45, 7) is 2.01. The molecular weight excluding hydrogens is 312 g/mol. The van der Waals surface area contributed by atoms with Crippen LogP contribution in [-0.2, 0) is 6.42 Å². The third kappa shape index (κ3) is 2.33. The summed E-state index contributed by atoms with van der Waals surface area (Å²) in [7, 11) is 0. The van der Waals surface area contributed by atoms with Crippen molar-refractivity contribution in [2.45, 2.75) is 18.2 Å². The molecule has 1 aromatic carbocycles. The van der Waals surface area contributed by atoms with Crippen LogP contribution in [0, 0.1) is 6.92 Å². The number of fused-ring (bicyclic) bond motifs is 1. The summed E-state index contributed by atoms with van der Waals surface area (Å²) in [4.78, 5) is 10.1. The smallest absolute Gasteiger partial charge is 0.196 e. The van der Waals surface area contributed by atoms with Gasteiger partial charge in [-0.2, -0.15) is 0 Å². The Kier molecular flexibility index (Phi) is 3.18. The van der Waals surface area contributed by atoms with Gasteiger partial charge < -0.3 is 4.42 Å². The van der Waals surface area contributed by atoms with Crippen molar-refractivity contribution < 1.29 is 4.42 Å². The fraction of sp³-hybridized carbons (Fsp3) is 0.231. The molecule has 18 heavy (non-hydrogen) atoms. The van der Waals surface area contributed by atoms with Crippen LogP contribution in [0.4, 0.5) is 0 Å². The number of nitrogens with zero attached hydrogens (tertiary/aromatic N) is 2. The number of halogens is 1. The molecule has 0 aliphatic carbocycles. The summed E-state index contributed by atoms with van der Waals surface area (Å²) in [5.74, 6) is 0.754. The molecule has 0 bridgehead atoms. The van der Waals surface area contributed by atoms with E-state index < -0.39 is 0 Å². The second-order valence-corrected chi connectivity index (χ2v) is 6.40. The fourth-order valence-electron chi connectivity index (χ4n) is 1.78. The number of aryl methyl sites for hydroxylation is 1. The zero-order chi connectivity index (χ0) is 12.5. The molecule has 0 fully saturated rings. The number of hydrogen-bond donors (Lipinski definition) is 0. The van der Waals surface area contributed by atoms with Gasteiger partial charge in [-0.3, -0.25) is 0 Å². The van der Waals surface area contributed by atoms with Gasteiger partial charge in [0.15, 0.2) is 11.5 Å². The number of thiazole rings is 1. The van der Waals surface area contributed by atoms with E-state index in [1.165, 1.54) is 4.88 Å². The Morgan fingerprint density at radius 2 is 2.22 bits per heavy atom. The summed E-state index contributed by atoms with van der Waals surface area (Å²) in [5.41, 5.74) is 1.75. The summed E-state index contributed by atoms with van der Waals surface area (Å²) >= 11 is 5.36. The Morgan fingerprint density at radius 1 is 1.39 bits per heavy atom. The van der Waals surface area contributed by atoms with Crippen molar-refractivity contribution in [1.82, 2.24) is 9.97 Å². The summed E-state index contributed by atoms with van der Waals surface area (Å²) in [5, 5.41) is 1.08. The monoisotopic (exact) mass is 322 g/mol. The van der Waals surface area contributed by atoms with Gasteiger partial charge in [0, 0.05) is 17.5 Å². The van der Waals surface area contributed by atoms with Gasteiger partial charge in [-0.05, 0) is 19.1 Å². The van der Waals surface area contributed by atoms with Gasteiger partial charge in [0.25, 0.3) is 0 Å². The van der Waals surface area contributed by atoms with Crippen LogP contribution in [0.5, 0.6) is 0 Å². The molecule has 0 N–H and O–H groups in total. The number of oxazole rings is 1. The van der Waals surface area contributed by atoms with Crippen LogP contribution in [0.25, 0.3) is 11.1 Å². The third-order valence-electron chi connectivity index (χ3n) is 2.64. The Bertz CT molecular complexity index is 643. The van der Waals surface area contributed by atoms with Crippen molar-refractivity contribution >= 4 is 38.4 Å². The van der Waals surface area contributed by atoms with Crippen LogP contribution in [0.15, 0.2) is 34.9 Å². The summed E-state index contributed by atoms with van der Waals surface area (Å²) < 4.78 is 5.71. The quantitative estimate of drug-likeness (QED) is 0.676. The molecule has 1 atom stereocenters. The van der Waals surface area contributed by atoms with E-state index in [1.54, 1.807) is 11.3 Å². The standard InChI is InChI=1S/C13H11BrN2OS/c1-8-15-7-12(18-8)9(14)6-13-16-10-4-2-3-5-11(10)17-13/h2-5,7,9H,6H2,1H3. The van der Waals surface area contributed by atoms with E-state index >= 15 is 0 Å². The van der Waals surface area contributed by atoms with Gasteiger partial charge in [-0.25, -0.2) is 9.97 Å². The Balaban J connectivity index is 1.83. The van der Waals surface area contributed by atoms with Crippen LogP contribution in [0.1, 0.15) is 20.6 Å². The SMILES string of the molecule is Cc1ncc(C(Br)Cc2nc3ccccc3o2)s1. The minimum absolute atomic E-state index is 0.205. The van der Waals surface area contributed by atoms with Crippen molar-refractivity contribution in [2.24, 2.45) is 0 Å². The van der Waals surface area contributed by atoms with Gasteiger partial charge >= 0.3 is 0 Å². The third-order valence-corrected chi connectivity index (χ3v) is 4.79. The first-order valence-electron chi connectivity index (χ1n) is 5.63. The first-order chi connectivity index (χ1) is 8.72. The normalized spacial score (nSPS) is 13.0. The molecule has 0 aliphatic heterocycles. The Labute approximate surface area is 117 Å². The topological polar surface area (TPSA) is 38.9 Å². The van der Waals surface area contributed by atoms with E-state index in [4.69, 9.17) is 4.42 Å². The minimum Gasteiger partial charge on any atom is -0.441 e. The predicted octanol–water partition coefficient (Wildman–Crippen LogP) is 4.27. The zero-order valence-electron chi connectivity index (χ0n) is 9.76. The van der Waals surface area contributed by atoms with Crippen LogP contribution in [-0.4, -0.2) is 9.97 Å². The molecular formula is C13H11BrN2OS. The Hall–Kier alpha value is -1.20. The zero-order valence-corrected chi connectivity index (χ0v) is 12.2. The first kappa shape index (κ1) is 11.9. The number of para-hydroxylation sites is 2. The van der Waals surface area contributed by atoms with E-state index in [1.807, 2.05) is 37.4 Å². The Morgan fingerprint density at radius 3 is 2.94 bits per heavy atom. The van der Waals surface area contributed by atoms with Crippen LogP contribution >= 0.6 is 27.3 Å². The lowest BCUT2D eigenvalue weighted by Gasteiger charge is -2.02. The predicted molar refractivity (Wildman–Crippen MR) is 76.2 cm³/mol. The van der Waals surface area contributed by atoms with Crippen LogP contribution in [0.2, 0.25) is 0 Å². The van der Waals surface area contributed by atoms with E-state index in [-0.39, 0.29) is 4.83 Å². The van der Waals surface area contributed by atoms with E-state index in [9.17, 15) is 0 Å². The largest absolute Gasteiger partial charge is 0.441 e. The lowest BCUT2D eigenvalue weighted by atomic mass is 10.3. The number of hydrogen-bond acceptors (Lipinski definition) is 4. The lowest BCUT2D eigenvalue weighted by molar-refractivity contribution is 0.528. The second-order valence-electron chi connectivity index (χ2n) is 4.03. The number of benzene rings is 1. The lowest BCUT2D eigenvalue weighted by Crippen LogP contribution is -1.92. The molecule has 3 rings (SSSR count). The molecule has 92 valence electrons. The maximum atomic E-state index is 5.71. The highest BCUT2D eigenvalue weighted by Gasteiger charge is 2.15. The van der Waals surface area contributed by atoms with Gasteiger partial charge in [-0.1, -0.05) is 28.1 Å². The molecule has 0 radical (unpaired) electrons. The summed E-state index contributed by atoms with van der Waals surface area (Å²) in [6, 6.07) is 7.82. The molecule has 2 heterocycles. The number of rotatable bonds is 3.